The second-order valence-corrected chi connectivity index (χ2v) is 7.76. The summed E-state index contributed by atoms with van der Waals surface area (Å²) >= 11 is 0. The number of rotatable bonds is 4. The van der Waals surface area contributed by atoms with E-state index in [1.165, 1.54) is 0 Å². The van der Waals surface area contributed by atoms with E-state index >= 15 is 0 Å². The Kier molecular flexibility index (Phi) is 3.59. The number of hydrogen-bond acceptors (Lipinski definition) is 3. The summed E-state index contributed by atoms with van der Waals surface area (Å²) in [6, 6.07) is 16.8. The summed E-state index contributed by atoms with van der Waals surface area (Å²) in [6.45, 7) is 2.35. The SMILES string of the molecule is Cc1ccc(S(=O)(=O)[C@H]2[C@H](CN)[C@@H]2c2ccccc2)cc1. The van der Waals surface area contributed by atoms with Crippen molar-refractivity contribution >= 4 is 9.84 Å². The van der Waals surface area contributed by atoms with Crippen LogP contribution in [0.5, 0.6) is 0 Å². The van der Waals surface area contributed by atoms with E-state index in [-0.39, 0.29) is 11.8 Å². The van der Waals surface area contributed by atoms with Gasteiger partial charge in [0.05, 0.1) is 10.1 Å². The smallest absolute Gasteiger partial charge is 0.182 e. The van der Waals surface area contributed by atoms with Gasteiger partial charge in [-0.1, -0.05) is 48.0 Å². The molecule has 3 atom stereocenters. The zero-order chi connectivity index (χ0) is 15.0. The van der Waals surface area contributed by atoms with E-state index < -0.39 is 15.1 Å². The molecule has 0 saturated heterocycles. The predicted molar refractivity (Wildman–Crippen MR) is 83.9 cm³/mol. The molecule has 0 amide bonds. The maximum Gasteiger partial charge on any atom is 0.182 e. The van der Waals surface area contributed by atoms with E-state index in [0.717, 1.165) is 11.1 Å². The van der Waals surface area contributed by atoms with Crippen molar-refractivity contribution in [3.63, 3.8) is 0 Å². The molecule has 3 nitrogen and oxygen atoms in total. The largest absolute Gasteiger partial charge is 0.330 e. The van der Waals surface area contributed by atoms with Crippen LogP contribution in [-0.2, 0) is 9.84 Å². The van der Waals surface area contributed by atoms with Crippen molar-refractivity contribution in [1.82, 2.24) is 0 Å². The van der Waals surface area contributed by atoms with Gasteiger partial charge < -0.3 is 5.73 Å². The van der Waals surface area contributed by atoms with Crippen molar-refractivity contribution in [1.29, 1.82) is 0 Å². The van der Waals surface area contributed by atoms with Crippen LogP contribution >= 0.6 is 0 Å². The molecule has 0 aromatic heterocycles. The van der Waals surface area contributed by atoms with Crippen molar-refractivity contribution in [3.8, 4) is 0 Å². The standard InChI is InChI=1S/C17H19NO2S/c1-12-7-9-14(10-8-12)21(19,20)17-15(11-18)16(17)13-5-3-2-4-6-13/h2-10,15-17H,11,18H2,1H3/t15-,16+,17+/m1/s1. The molecule has 0 spiro atoms. The molecule has 0 bridgehead atoms. The molecule has 1 saturated carbocycles. The van der Waals surface area contributed by atoms with E-state index in [1.54, 1.807) is 12.1 Å². The Hall–Kier alpha value is -1.65. The lowest BCUT2D eigenvalue weighted by molar-refractivity contribution is 0.591. The van der Waals surface area contributed by atoms with E-state index in [1.807, 2.05) is 49.4 Å². The quantitative estimate of drug-likeness (QED) is 0.944. The third-order valence-corrected chi connectivity index (χ3v) is 6.55. The van der Waals surface area contributed by atoms with Crippen LogP contribution in [-0.4, -0.2) is 20.2 Å². The van der Waals surface area contributed by atoms with Crippen LogP contribution in [0.4, 0.5) is 0 Å². The van der Waals surface area contributed by atoms with E-state index in [0.29, 0.717) is 11.4 Å². The minimum atomic E-state index is -3.32. The average molecular weight is 301 g/mol. The normalized spacial score (nSPS) is 24.8. The minimum Gasteiger partial charge on any atom is -0.330 e. The lowest BCUT2D eigenvalue weighted by atomic mass is 10.1. The lowest BCUT2D eigenvalue weighted by Gasteiger charge is -2.05. The Morgan fingerprint density at radius 1 is 1.00 bits per heavy atom. The molecule has 2 N–H and O–H groups in total. The minimum absolute atomic E-state index is 0.0127. The van der Waals surface area contributed by atoms with Crippen molar-refractivity contribution in [2.45, 2.75) is 23.0 Å². The summed E-state index contributed by atoms with van der Waals surface area (Å²) in [5, 5.41) is -0.396. The summed E-state index contributed by atoms with van der Waals surface area (Å²) in [4.78, 5) is 0.398. The molecule has 4 heteroatoms. The summed E-state index contributed by atoms with van der Waals surface area (Å²) in [5.74, 6) is 0.0289. The maximum absolute atomic E-state index is 12.8. The first-order valence-corrected chi connectivity index (χ1v) is 8.66. The summed E-state index contributed by atoms with van der Waals surface area (Å²) in [5.41, 5.74) is 7.91. The van der Waals surface area contributed by atoms with Gasteiger partial charge in [0.25, 0.3) is 0 Å². The lowest BCUT2D eigenvalue weighted by Crippen LogP contribution is -2.13. The molecular weight excluding hydrogens is 282 g/mol. The van der Waals surface area contributed by atoms with Crippen molar-refractivity contribution in [3.05, 3.63) is 65.7 Å². The molecule has 1 aliphatic rings. The Bertz CT molecular complexity index is 723. The van der Waals surface area contributed by atoms with Crippen molar-refractivity contribution in [2.75, 3.05) is 6.54 Å². The van der Waals surface area contributed by atoms with Crippen LogP contribution in [0.3, 0.4) is 0 Å². The zero-order valence-corrected chi connectivity index (χ0v) is 12.8. The third kappa shape index (κ3) is 2.49. The number of nitrogens with two attached hydrogens (primary N) is 1. The fourth-order valence-corrected chi connectivity index (χ4v) is 5.27. The molecule has 110 valence electrons. The molecule has 3 rings (SSSR count). The highest BCUT2D eigenvalue weighted by Gasteiger charge is 2.57. The van der Waals surface area contributed by atoms with Crippen LogP contribution in [0, 0.1) is 12.8 Å². The molecule has 0 heterocycles. The Morgan fingerprint density at radius 2 is 1.62 bits per heavy atom. The van der Waals surface area contributed by atoms with Gasteiger partial charge in [0, 0.05) is 5.92 Å². The van der Waals surface area contributed by atoms with Crippen LogP contribution < -0.4 is 5.73 Å². The van der Waals surface area contributed by atoms with Gasteiger partial charge in [-0.3, -0.25) is 0 Å². The highest BCUT2D eigenvalue weighted by Crippen LogP contribution is 2.53. The second kappa shape index (κ2) is 5.28. The van der Waals surface area contributed by atoms with E-state index in [9.17, 15) is 8.42 Å². The topological polar surface area (TPSA) is 60.2 Å². The molecule has 0 aliphatic heterocycles. The fraction of sp³-hybridized carbons (Fsp3) is 0.294. The molecule has 2 aromatic rings. The average Bonchev–Trinajstić information content (AvgIpc) is 3.24. The van der Waals surface area contributed by atoms with Crippen LogP contribution in [0.25, 0.3) is 0 Å². The maximum atomic E-state index is 12.8. The van der Waals surface area contributed by atoms with Crippen molar-refractivity contribution < 1.29 is 8.42 Å². The number of sulfone groups is 1. The van der Waals surface area contributed by atoms with Gasteiger partial charge in [-0.2, -0.15) is 0 Å². The first-order valence-electron chi connectivity index (χ1n) is 7.11. The highest BCUT2D eigenvalue weighted by molar-refractivity contribution is 7.92. The van der Waals surface area contributed by atoms with Crippen LogP contribution in [0.15, 0.2) is 59.5 Å². The van der Waals surface area contributed by atoms with Crippen molar-refractivity contribution in [2.24, 2.45) is 11.7 Å². The monoisotopic (exact) mass is 301 g/mol. The molecule has 1 fully saturated rings. The van der Waals surface area contributed by atoms with Gasteiger partial charge in [-0.25, -0.2) is 8.42 Å². The first kappa shape index (κ1) is 14.3. The molecule has 1 aliphatic carbocycles. The summed E-state index contributed by atoms with van der Waals surface area (Å²) < 4.78 is 25.6. The Balaban J connectivity index is 1.94. The molecule has 0 unspecified atom stereocenters. The second-order valence-electron chi connectivity index (χ2n) is 5.66. The summed E-state index contributed by atoms with van der Waals surface area (Å²) in [7, 11) is -3.32. The van der Waals surface area contributed by atoms with Gasteiger partial charge >= 0.3 is 0 Å². The molecule has 0 radical (unpaired) electrons. The van der Waals surface area contributed by atoms with Gasteiger partial charge in [-0.05, 0) is 37.1 Å². The Labute approximate surface area is 125 Å². The van der Waals surface area contributed by atoms with Gasteiger partial charge in [0.2, 0.25) is 0 Å². The molecule has 2 aromatic carbocycles. The van der Waals surface area contributed by atoms with Gasteiger partial charge in [0.1, 0.15) is 0 Å². The van der Waals surface area contributed by atoms with Gasteiger partial charge in [0.15, 0.2) is 9.84 Å². The van der Waals surface area contributed by atoms with Crippen LogP contribution in [0.2, 0.25) is 0 Å². The number of aryl methyl sites for hydroxylation is 1. The fourth-order valence-electron chi connectivity index (χ4n) is 3.04. The predicted octanol–water partition coefficient (Wildman–Crippen LogP) is 2.51. The summed E-state index contributed by atoms with van der Waals surface area (Å²) in [6.07, 6.45) is 0. The first-order chi connectivity index (χ1) is 10.1. The van der Waals surface area contributed by atoms with Crippen LogP contribution in [0.1, 0.15) is 17.0 Å². The highest BCUT2D eigenvalue weighted by atomic mass is 32.2. The van der Waals surface area contributed by atoms with E-state index in [4.69, 9.17) is 5.73 Å². The zero-order valence-electron chi connectivity index (χ0n) is 11.9. The molecular formula is C17H19NO2S. The third-order valence-electron chi connectivity index (χ3n) is 4.26. The number of hydrogen-bond donors (Lipinski definition) is 1. The molecule has 21 heavy (non-hydrogen) atoms. The Morgan fingerprint density at radius 3 is 2.19 bits per heavy atom. The van der Waals surface area contributed by atoms with E-state index in [2.05, 4.69) is 0 Å². The van der Waals surface area contributed by atoms with Gasteiger partial charge in [-0.15, -0.1) is 0 Å². The number of benzene rings is 2.